The van der Waals surface area contributed by atoms with Gasteiger partial charge in [-0.2, -0.15) is 5.10 Å². The third-order valence-electron chi connectivity index (χ3n) is 4.92. The molecule has 2 aromatic carbocycles. The van der Waals surface area contributed by atoms with Crippen LogP contribution in [0.4, 0.5) is 0 Å². The molecule has 1 aromatic heterocycles. The Labute approximate surface area is 161 Å². The Morgan fingerprint density at radius 3 is 2.74 bits per heavy atom. The summed E-state index contributed by atoms with van der Waals surface area (Å²) in [5, 5.41) is 17.1. The average Bonchev–Trinajstić information content (AvgIpc) is 3.14. The number of benzene rings is 2. The highest BCUT2D eigenvalue weighted by Gasteiger charge is 2.41. The van der Waals surface area contributed by atoms with Gasteiger partial charge in [0, 0.05) is 35.0 Å². The maximum atomic E-state index is 9.57. The lowest BCUT2D eigenvalue weighted by Crippen LogP contribution is -2.33. The van der Waals surface area contributed by atoms with Gasteiger partial charge in [-0.1, -0.05) is 17.7 Å². The van der Waals surface area contributed by atoms with Crippen LogP contribution in [0.1, 0.15) is 35.4 Å². The zero-order chi connectivity index (χ0) is 18.4. The third-order valence-corrected chi connectivity index (χ3v) is 5.16. The molecule has 0 spiro atoms. The summed E-state index contributed by atoms with van der Waals surface area (Å²) in [5.74, 6) is 1.06. The highest BCUT2D eigenvalue weighted by molar-refractivity contribution is 6.30. The maximum absolute atomic E-state index is 9.57. The second-order valence-electron chi connectivity index (χ2n) is 6.63. The second kappa shape index (κ2) is 6.28. The van der Waals surface area contributed by atoms with Gasteiger partial charge >= 0.3 is 0 Å². The first-order valence-electron chi connectivity index (χ1n) is 8.70. The van der Waals surface area contributed by atoms with Gasteiger partial charge in [-0.05, 0) is 54.1 Å². The zero-order valence-electron chi connectivity index (χ0n) is 14.3. The molecule has 0 saturated carbocycles. The van der Waals surface area contributed by atoms with E-state index in [0.29, 0.717) is 5.02 Å². The van der Waals surface area contributed by atoms with Crippen LogP contribution in [0.5, 0.6) is 11.5 Å². The van der Waals surface area contributed by atoms with Crippen molar-refractivity contribution in [2.45, 2.75) is 18.7 Å². The molecule has 27 heavy (non-hydrogen) atoms. The molecule has 5 rings (SSSR count). The fourth-order valence-electron chi connectivity index (χ4n) is 3.63. The van der Waals surface area contributed by atoms with Crippen molar-refractivity contribution < 1.29 is 9.84 Å². The van der Waals surface area contributed by atoms with E-state index in [0.717, 1.165) is 34.6 Å². The van der Waals surface area contributed by atoms with E-state index in [2.05, 4.69) is 4.98 Å². The molecule has 2 aliphatic heterocycles. The van der Waals surface area contributed by atoms with Gasteiger partial charge in [-0.3, -0.25) is 4.98 Å². The van der Waals surface area contributed by atoms with E-state index in [1.165, 1.54) is 0 Å². The van der Waals surface area contributed by atoms with E-state index in [-0.39, 0.29) is 18.0 Å². The Balaban J connectivity index is 1.60. The number of pyridine rings is 1. The van der Waals surface area contributed by atoms with Crippen molar-refractivity contribution in [3.05, 3.63) is 88.7 Å². The van der Waals surface area contributed by atoms with Crippen LogP contribution in [-0.2, 0) is 0 Å². The third kappa shape index (κ3) is 2.80. The van der Waals surface area contributed by atoms with Gasteiger partial charge in [0.05, 0.1) is 11.8 Å². The lowest BCUT2D eigenvalue weighted by atomic mass is 9.96. The van der Waals surface area contributed by atoms with Crippen LogP contribution in [-0.4, -0.2) is 20.8 Å². The Morgan fingerprint density at radius 1 is 1.11 bits per heavy atom. The first-order valence-corrected chi connectivity index (χ1v) is 9.08. The van der Waals surface area contributed by atoms with E-state index in [1.807, 2.05) is 47.5 Å². The van der Waals surface area contributed by atoms with Crippen molar-refractivity contribution in [1.82, 2.24) is 9.99 Å². The normalized spacial score (nSPS) is 20.5. The average molecular weight is 378 g/mol. The summed E-state index contributed by atoms with van der Waals surface area (Å²) in [6, 6.07) is 16.7. The topological polar surface area (TPSA) is 58.0 Å². The van der Waals surface area contributed by atoms with Crippen molar-refractivity contribution in [3.63, 3.8) is 0 Å². The minimum absolute atomic E-state index is 0.0291. The molecular formula is C21H16ClN3O2. The molecule has 134 valence electrons. The lowest BCUT2D eigenvalue weighted by molar-refractivity contribution is -0.0192. The highest BCUT2D eigenvalue weighted by Crippen LogP contribution is 2.48. The van der Waals surface area contributed by atoms with Gasteiger partial charge in [-0.25, -0.2) is 5.01 Å². The minimum atomic E-state index is -0.355. The quantitative estimate of drug-likeness (QED) is 0.704. The summed E-state index contributed by atoms with van der Waals surface area (Å²) in [6.07, 6.45) is 3.92. The predicted octanol–water partition coefficient (Wildman–Crippen LogP) is 4.68. The molecule has 0 bridgehead atoms. The molecule has 0 fully saturated rings. The number of rotatable bonds is 2. The molecule has 0 unspecified atom stereocenters. The van der Waals surface area contributed by atoms with Crippen LogP contribution in [0.15, 0.2) is 72.1 Å². The molecule has 1 N–H and O–H groups in total. The SMILES string of the molecule is Oc1ccc(C2=NN3[C@@H](C2)c2cc(Cl)ccc2O[C@H]3c2cccnc2)cc1. The van der Waals surface area contributed by atoms with Gasteiger partial charge in [0.15, 0.2) is 0 Å². The van der Waals surface area contributed by atoms with Crippen LogP contribution in [0, 0.1) is 0 Å². The monoisotopic (exact) mass is 377 g/mol. The fourth-order valence-corrected chi connectivity index (χ4v) is 3.81. The maximum Gasteiger partial charge on any atom is 0.215 e. The number of aromatic hydroxyl groups is 1. The Hall–Kier alpha value is -3.05. The summed E-state index contributed by atoms with van der Waals surface area (Å²) in [5.41, 5.74) is 3.90. The van der Waals surface area contributed by atoms with E-state index in [9.17, 15) is 5.11 Å². The van der Waals surface area contributed by atoms with Crippen molar-refractivity contribution in [1.29, 1.82) is 0 Å². The standard InChI is InChI=1S/C21H16ClN3O2/c22-15-5-8-20-17(10-15)19-11-18(13-3-6-16(26)7-4-13)24-25(19)21(27-20)14-2-1-9-23-12-14/h1-10,12,19,21,26H,11H2/t19-,21-/m0/s1. The molecule has 0 radical (unpaired) electrons. The Kier molecular flexibility index (Phi) is 3.76. The molecule has 3 aromatic rings. The summed E-state index contributed by atoms with van der Waals surface area (Å²) < 4.78 is 6.27. The number of phenols is 1. The molecule has 0 saturated heterocycles. The number of nitrogens with zero attached hydrogens (tertiary/aromatic N) is 3. The van der Waals surface area contributed by atoms with E-state index >= 15 is 0 Å². The summed E-state index contributed by atoms with van der Waals surface area (Å²) in [7, 11) is 0. The zero-order valence-corrected chi connectivity index (χ0v) is 15.0. The molecule has 2 atom stereocenters. The van der Waals surface area contributed by atoms with Crippen molar-refractivity contribution in [2.75, 3.05) is 0 Å². The number of hydrazone groups is 1. The van der Waals surface area contributed by atoms with Crippen LogP contribution in [0.2, 0.25) is 5.02 Å². The smallest absolute Gasteiger partial charge is 0.215 e. The van der Waals surface area contributed by atoms with Crippen LogP contribution < -0.4 is 4.74 Å². The lowest BCUT2D eigenvalue weighted by Gasteiger charge is -2.38. The summed E-state index contributed by atoms with van der Waals surface area (Å²) in [6.45, 7) is 0. The molecule has 2 aliphatic rings. The van der Waals surface area contributed by atoms with Gasteiger partial charge < -0.3 is 9.84 Å². The molecule has 3 heterocycles. The van der Waals surface area contributed by atoms with Gasteiger partial charge in [0.25, 0.3) is 0 Å². The number of halogens is 1. The Bertz CT molecular complexity index is 1020. The predicted molar refractivity (Wildman–Crippen MR) is 103 cm³/mol. The van der Waals surface area contributed by atoms with E-state index in [4.69, 9.17) is 21.4 Å². The fraction of sp³-hybridized carbons (Fsp3) is 0.143. The van der Waals surface area contributed by atoms with Crippen LogP contribution in [0.3, 0.4) is 0 Å². The summed E-state index contributed by atoms with van der Waals surface area (Å²) >= 11 is 6.24. The number of ether oxygens (including phenoxy) is 1. The van der Waals surface area contributed by atoms with E-state index in [1.54, 1.807) is 24.5 Å². The second-order valence-corrected chi connectivity index (χ2v) is 7.07. The minimum Gasteiger partial charge on any atom is -0.508 e. The number of aromatic nitrogens is 1. The number of hydrogen-bond donors (Lipinski definition) is 1. The molecule has 0 aliphatic carbocycles. The molecule has 5 nitrogen and oxygen atoms in total. The number of hydrogen-bond acceptors (Lipinski definition) is 5. The van der Waals surface area contributed by atoms with Crippen LogP contribution >= 0.6 is 11.6 Å². The van der Waals surface area contributed by atoms with Gasteiger partial charge in [0.1, 0.15) is 11.5 Å². The molecular weight excluding hydrogens is 362 g/mol. The van der Waals surface area contributed by atoms with E-state index < -0.39 is 0 Å². The number of fused-ring (bicyclic) bond motifs is 3. The summed E-state index contributed by atoms with van der Waals surface area (Å²) in [4.78, 5) is 4.23. The van der Waals surface area contributed by atoms with Crippen LogP contribution in [0.25, 0.3) is 0 Å². The van der Waals surface area contributed by atoms with Crippen molar-refractivity contribution >= 4 is 17.3 Å². The first kappa shape index (κ1) is 16.1. The van der Waals surface area contributed by atoms with Gasteiger partial charge in [-0.15, -0.1) is 0 Å². The molecule has 6 heteroatoms. The van der Waals surface area contributed by atoms with Crippen molar-refractivity contribution in [2.24, 2.45) is 5.10 Å². The van der Waals surface area contributed by atoms with Crippen molar-refractivity contribution in [3.8, 4) is 11.5 Å². The first-order chi connectivity index (χ1) is 13.2. The largest absolute Gasteiger partial charge is 0.508 e. The Morgan fingerprint density at radius 2 is 1.96 bits per heavy atom. The molecule has 0 amide bonds. The van der Waals surface area contributed by atoms with Gasteiger partial charge in [0.2, 0.25) is 6.23 Å². The highest BCUT2D eigenvalue weighted by atomic mass is 35.5. The number of phenolic OH excluding ortho intramolecular Hbond substituents is 1.